The molecule has 21 heavy (non-hydrogen) atoms. The van der Waals surface area contributed by atoms with Gasteiger partial charge >= 0.3 is 0 Å². The Kier molecular flexibility index (Phi) is 4.96. The van der Waals surface area contributed by atoms with E-state index in [2.05, 4.69) is 10.6 Å². The highest BCUT2D eigenvalue weighted by Crippen LogP contribution is 2.19. The number of likely N-dealkylation sites (N-methyl/N-ethyl adjacent to an activating group) is 1. The molecule has 2 rings (SSSR count). The summed E-state index contributed by atoms with van der Waals surface area (Å²) in [6.45, 7) is 4.00. The van der Waals surface area contributed by atoms with Crippen LogP contribution in [0.3, 0.4) is 0 Å². The van der Waals surface area contributed by atoms with Crippen LogP contribution in [0.5, 0.6) is 0 Å². The van der Waals surface area contributed by atoms with E-state index in [1.54, 1.807) is 11.9 Å². The van der Waals surface area contributed by atoms with Crippen molar-refractivity contribution in [2.75, 3.05) is 18.9 Å². The number of hydrogen-bond donors (Lipinski definition) is 2. The van der Waals surface area contributed by atoms with Crippen molar-refractivity contribution in [2.45, 2.75) is 38.8 Å². The average molecular weight is 289 g/mol. The van der Waals surface area contributed by atoms with Crippen molar-refractivity contribution in [3.05, 3.63) is 29.8 Å². The molecule has 1 saturated carbocycles. The van der Waals surface area contributed by atoms with E-state index in [0.717, 1.165) is 24.1 Å². The number of carbonyl (C=O) groups excluding carboxylic acids is 2. The van der Waals surface area contributed by atoms with Crippen LogP contribution in [0.1, 0.15) is 25.3 Å². The topological polar surface area (TPSA) is 61.4 Å². The van der Waals surface area contributed by atoms with Crippen molar-refractivity contribution in [1.29, 1.82) is 0 Å². The van der Waals surface area contributed by atoms with Crippen molar-refractivity contribution < 1.29 is 9.59 Å². The van der Waals surface area contributed by atoms with Gasteiger partial charge in [-0.3, -0.25) is 14.5 Å². The van der Waals surface area contributed by atoms with Crippen molar-refractivity contribution in [3.8, 4) is 0 Å². The molecular weight excluding hydrogens is 266 g/mol. The molecule has 114 valence electrons. The predicted molar refractivity (Wildman–Crippen MR) is 83.1 cm³/mol. The molecule has 2 N–H and O–H groups in total. The van der Waals surface area contributed by atoms with Crippen molar-refractivity contribution in [3.63, 3.8) is 0 Å². The van der Waals surface area contributed by atoms with Crippen LogP contribution < -0.4 is 10.6 Å². The first kappa shape index (κ1) is 15.5. The van der Waals surface area contributed by atoms with Gasteiger partial charge in [-0.15, -0.1) is 0 Å². The number of anilines is 1. The second kappa shape index (κ2) is 6.72. The largest absolute Gasteiger partial charge is 0.352 e. The Labute approximate surface area is 125 Å². The normalized spacial score (nSPS) is 15.6. The smallest absolute Gasteiger partial charge is 0.238 e. The molecule has 1 aromatic carbocycles. The summed E-state index contributed by atoms with van der Waals surface area (Å²) in [5, 5.41) is 5.79. The lowest BCUT2D eigenvalue weighted by atomic mass is 10.2. The molecule has 0 unspecified atom stereocenters. The summed E-state index contributed by atoms with van der Waals surface area (Å²) >= 11 is 0. The van der Waals surface area contributed by atoms with E-state index in [9.17, 15) is 9.59 Å². The first-order valence-electron chi connectivity index (χ1n) is 7.33. The number of benzene rings is 1. The lowest BCUT2D eigenvalue weighted by molar-refractivity contribution is -0.126. The molecule has 0 saturated heterocycles. The fourth-order valence-corrected chi connectivity index (χ4v) is 1.95. The first-order chi connectivity index (χ1) is 9.95. The summed E-state index contributed by atoms with van der Waals surface area (Å²) in [5.41, 5.74) is 1.92. The van der Waals surface area contributed by atoms with Gasteiger partial charge in [0.2, 0.25) is 11.8 Å². The van der Waals surface area contributed by atoms with Crippen LogP contribution in [-0.2, 0) is 9.59 Å². The number of nitrogens with zero attached hydrogens (tertiary/aromatic N) is 1. The maximum Gasteiger partial charge on any atom is 0.238 e. The molecule has 0 bridgehead atoms. The second-order valence-corrected chi connectivity index (χ2v) is 5.79. The molecule has 0 radical (unpaired) electrons. The Balaban J connectivity index is 1.80. The third kappa shape index (κ3) is 4.86. The lowest BCUT2D eigenvalue weighted by Gasteiger charge is -2.23. The summed E-state index contributed by atoms with van der Waals surface area (Å²) in [6, 6.07) is 7.67. The van der Waals surface area contributed by atoms with Gasteiger partial charge in [0, 0.05) is 11.7 Å². The van der Waals surface area contributed by atoms with Crippen molar-refractivity contribution >= 4 is 17.5 Å². The number of nitrogens with one attached hydrogen (secondary N) is 2. The predicted octanol–water partition coefficient (Wildman–Crippen LogP) is 1.53. The summed E-state index contributed by atoms with van der Waals surface area (Å²) in [6.07, 6.45) is 2.13. The summed E-state index contributed by atoms with van der Waals surface area (Å²) in [5.74, 6) is -0.129. The first-order valence-corrected chi connectivity index (χ1v) is 7.33. The molecule has 1 fully saturated rings. The van der Waals surface area contributed by atoms with Gasteiger partial charge in [0.25, 0.3) is 0 Å². The second-order valence-electron chi connectivity index (χ2n) is 5.79. The quantitative estimate of drug-likeness (QED) is 0.835. The maximum atomic E-state index is 12.0. The molecule has 1 aromatic rings. The molecule has 1 atom stereocenters. The summed E-state index contributed by atoms with van der Waals surface area (Å²) in [4.78, 5) is 25.7. The minimum absolute atomic E-state index is 0.0110. The Hall–Kier alpha value is -1.88. The standard InChI is InChI=1S/C16H23N3O2/c1-11-4-6-13(7-5-11)17-15(20)10-19(3)12(2)16(21)18-14-8-9-14/h4-7,12,14H,8-10H2,1-3H3,(H,17,20)(H,18,21)/t12-/m0/s1. The molecule has 0 heterocycles. The highest BCUT2D eigenvalue weighted by molar-refractivity contribution is 5.92. The zero-order valence-corrected chi connectivity index (χ0v) is 12.8. The Morgan fingerprint density at radius 1 is 1.29 bits per heavy atom. The SMILES string of the molecule is Cc1ccc(NC(=O)CN(C)[C@@H](C)C(=O)NC2CC2)cc1. The van der Waals surface area contributed by atoms with Gasteiger partial charge in [0.15, 0.2) is 0 Å². The maximum absolute atomic E-state index is 12.0. The number of aryl methyl sites for hydroxylation is 1. The zero-order chi connectivity index (χ0) is 15.4. The van der Waals surface area contributed by atoms with Crippen molar-refractivity contribution in [1.82, 2.24) is 10.2 Å². The van der Waals surface area contributed by atoms with Crippen LogP contribution in [0.4, 0.5) is 5.69 Å². The van der Waals surface area contributed by atoms with Gasteiger partial charge in [0.05, 0.1) is 12.6 Å². The van der Waals surface area contributed by atoms with Crippen LogP contribution in [-0.4, -0.2) is 42.4 Å². The lowest BCUT2D eigenvalue weighted by Crippen LogP contribution is -2.46. The van der Waals surface area contributed by atoms with E-state index in [0.29, 0.717) is 6.04 Å². The fourth-order valence-electron chi connectivity index (χ4n) is 1.95. The van der Waals surface area contributed by atoms with Gasteiger partial charge in [0.1, 0.15) is 0 Å². The summed E-state index contributed by atoms with van der Waals surface area (Å²) < 4.78 is 0. The van der Waals surface area contributed by atoms with E-state index in [1.807, 2.05) is 38.1 Å². The summed E-state index contributed by atoms with van der Waals surface area (Å²) in [7, 11) is 1.78. The highest BCUT2D eigenvalue weighted by Gasteiger charge is 2.27. The van der Waals surface area contributed by atoms with Gasteiger partial charge in [-0.25, -0.2) is 0 Å². The molecule has 5 heteroatoms. The molecular formula is C16H23N3O2. The molecule has 2 amide bonds. The third-order valence-corrected chi connectivity index (χ3v) is 3.69. The molecule has 5 nitrogen and oxygen atoms in total. The monoisotopic (exact) mass is 289 g/mol. The highest BCUT2D eigenvalue weighted by atomic mass is 16.2. The zero-order valence-electron chi connectivity index (χ0n) is 12.8. The minimum Gasteiger partial charge on any atom is -0.352 e. The third-order valence-electron chi connectivity index (χ3n) is 3.69. The molecule has 0 aromatic heterocycles. The van der Waals surface area contributed by atoms with Gasteiger partial charge < -0.3 is 10.6 Å². The Morgan fingerprint density at radius 3 is 2.48 bits per heavy atom. The van der Waals surface area contributed by atoms with E-state index < -0.39 is 0 Å². The van der Waals surface area contributed by atoms with Crippen LogP contribution >= 0.6 is 0 Å². The van der Waals surface area contributed by atoms with Crippen LogP contribution in [0.2, 0.25) is 0 Å². The molecule has 0 aliphatic heterocycles. The molecule has 1 aliphatic carbocycles. The molecule has 0 spiro atoms. The van der Waals surface area contributed by atoms with E-state index in [-0.39, 0.29) is 24.4 Å². The number of amides is 2. The van der Waals surface area contributed by atoms with E-state index in [4.69, 9.17) is 0 Å². The van der Waals surface area contributed by atoms with E-state index in [1.165, 1.54) is 0 Å². The van der Waals surface area contributed by atoms with Gasteiger partial charge in [-0.05, 0) is 45.9 Å². The van der Waals surface area contributed by atoms with Crippen molar-refractivity contribution in [2.24, 2.45) is 0 Å². The number of hydrogen-bond acceptors (Lipinski definition) is 3. The minimum atomic E-state index is -0.311. The van der Waals surface area contributed by atoms with Gasteiger partial charge in [-0.2, -0.15) is 0 Å². The molecule has 1 aliphatic rings. The average Bonchev–Trinajstić information content (AvgIpc) is 3.24. The van der Waals surface area contributed by atoms with Crippen LogP contribution in [0.15, 0.2) is 24.3 Å². The van der Waals surface area contributed by atoms with E-state index >= 15 is 0 Å². The Bertz CT molecular complexity index is 509. The number of carbonyl (C=O) groups is 2. The van der Waals surface area contributed by atoms with Crippen LogP contribution in [0.25, 0.3) is 0 Å². The number of rotatable bonds is 6. The Morgan fingerprint density at radius 2 is 1.90 bits per heavy atom. The fraction of sp³-hybridized carbons (Fsp3) is 0.500. The van der Waals surface area contributed by atoms with Crippen LogP contribution in [0, 0.1) is 6.92 Å². The van der Waals surface area contributed by atoms with Gasteiger partial charge in [-0.1, -0.05) is 17.7 Å².